The molecule has 1 fully saturated rings. The van der Waals surface area contributed by atoms with E-state index in [2.05, 4.69) is 0 Å². The second-order valence-corrected chi connectivity index (χ2v) is 4.48. The Morgan fingerprint density at radius 2 is 1.75 bits per heavy atom. The summed E-state index contributed by atoms with van der Waals surface area (Å²) < 4.78 is 5.89. The lowest BCUT2D eigenvalue weighted by Gasteiger charge is -2.26. The zero-order valence-corrected chi connectivity index (χ0v) is 9.49. The van der Waals surface area contributed by atoms with Crippen LogP contribution in [0.15, 0.2) is 24.3 Å². The predicted octanol–water partition coefficient (Wildman–Crippen LogP) is 2.12. The molecule has 1 aromatic carbocycles. The average molecular weight is 219 g/mol. The Hall–Kier alpha value is -1.06. The molecule has 1 aliphatic carbocycles. The summed E-state index contributed by atoms with van der Waals surface area (Å²) in [6.07, 6.45) is 4.56. The van der Waals surface area contributed by atoms with E-state index >= 15 is 0 Å². The second kappa shape index (κ2) is 5.32. The van der Waals surface area contributed by atoms with Crippen molar-refractivity contribution in [2.75, 3.05) is 0 Å². The number of hydrogen-bond acceptors (Lipinski definition) is 2. The third-order valence-corrected chi connectivity index (χ3v) is 3.15. The van der Waals surface area contributed by atoms with Crippen LogP contribution in [0.5, 0.6) is 5.75 Å². The molecule has 3 nitrogen and oxygen atoms in total. The number of benzene rings is 1. The van der Waals surface area contributed by atoms with E-state index in [0.29, 0.717) is 18.7 Å². The highest BCUT2D eigenvalue weighted by molar-refractivity contribution is 5.27. The fourth-order valence-electron chi connectivity index (χ4n) is 2.08. The largest absolute Gasteiger partial charge is 0.490 e. The molecule has 0 amide bonds. The Balaban J connectivity index is 1.88. The summed E-state index contributed by atoms with van der Waals surface area (Å²) in [6.45, 7) is 0.332. The minimum atomic E-state index is 0.321. The first-order valence-electron chi connectivity index (χ1n) is 5.93. The van der Waals surface area contributed by atoms with E-state index in [-0.39, 0.29) is 0 Å². The summed E-state index contributed by atoms with van der Waals surface area (Å²) in [5, 5.41) is 0. The van der Waals surface area contributed by atoms with E-state index in [1.165, 1.54) is 0 Å². The van der Waals surface area contributed by atoms with Gasteiger partial charge in [0.05, 0.1) is 6.10 Å². The zero-order valence-electron chi connectivity index (χ0n) is 9.49. The number of ether oxygens (including phenoxy) is 1. The molecule has 1 saturated carbocycles. The van der Waals surface area contributed by atoms with Crippen LogP contribution >= 0.6 is 0 Å². The van der Waals surface area contributed by atoms with Crippen LogP contribution in [-0.4, -0.2) is 12.1 Å². The molecule has 1 aromatic rings. The second-order valence-electron chi connectivity index (χ2n) is 4.48. The lowest BCUT2D eigenvalue weighted by molar-refractivity contribution is 0.147. The van der Waals surface area contributed by atoms with Gasteiger partial charge in [0.25, 0.3) is 0 Å². The molecule has 3 N–H and O–H groups in total. The molecule has 0 aliphatic heterocycles. The van der Waals surface area contributed by atoms with Crippen molar-refractivity contribution in [3.8, 4) is 5.75 Å². The third-order valence-electron chi connectivity index (χ3n) is 3.15. The minimum absolute atomic E-state index is 0.321. The van der Waals surface area contributed by atoms with Crippen LogP contribution in [0.4, 0.5) is 0 Å². The molecule has 1 radical (unpaired) electrons. The molecule has 16 heavy (non-hydrogen) atoms. The van der Waals surface area contributed by atoms with Crippen LogP contribution in [0, 0.1) is 0 Å². The topological polar surface area (TPSA) is 59.0 Å². The molecule has 0 unspecified atom stereocenters. The molecule has 0 heterocycles. The molecule has 0 bridgehead atoms. The smallest absolute Gasteiger partial charge is 0.119 e. The van der Waals surface area contributed by atoms with Crippen LogP contribution in [0.2, 0.25) is 0 Å². The predicted molar refractivity (Wildman–Crippen MR) is 64.1 cm³/mol. The van der Waals surface area contributed by atoms with E-state index in [0.717, 1.165) is 37.0 Å². The van der Waals surface area contributed by atoms with E-state index in [1.807, 2.05) is 24.3 Å². The van der Waals surface area contributed by atoms with Gasteiger partial charge in [0.2, 0.25) is 0 Å². The van der Waals surface area contributed by atoms with Gasteiger partial charge in [0, 0.05) is 12.6 Å². The summed E-state index contributed by atoms with van der Waals surface area (Å²) >= 11 is 0. The Morgan fingerprint density at radius 3 is 2.31 bits per heavy atom. The maximum absolute atomic E-state index is 7.23. The number of hydrogen-bond donors (Lipinski definition) is 1. The number of nitrogens with two attached hydrogens (primary N) is 1. The van der Waals surface area contributed by atoms with E-state index < -0.39 is 0 Å². The van der Waals surface area contributed by atoms with Crippen LogP contribution in [0.3, 0.4) is 0 Å². The molecular weight excluding hydrogens is 200 g/mol. The first-order valence-corrected chi connectivity index (χ1v) is 5.93. The van der Waals surface area contributed by atoms with E-state index in [1.54, 1.807) is 0 Å². The summed E-state index contributed by atoms with van der Waals surface area (Å²) in [5.74, 6) is 0.915. The fraction of sp³-hybridized carbons (Fsp3) is 0.538. The number of nitrogens with one attached hydrogen (secondary N) is 1. The van der Waals surface area contributed by atoms with Crippen molar-refractivity contribution >= 4 is 0 Å². The molecule has 0 atom stereocenters. The van der Waals surface area contributed by atoms with Gasteiger partial charge in [0.15, 0.2) is 0 Å². The van der Waals surface area contributed by atoms with Crippen molar-refractivity contribution in [2.24, 2.45) is 5.73 Å². The van der Waals surface area contributed by atoms with Gasteiger partial charge < -0.3 is 10.5 Å². The quantitative estimate of drug-likeness (QED) is 0.846. The standard InChI is InChI=1S/C13H19N2O/c14-9-10-1-5-12(6-2-10)16-13-7-3-11(15)4-8-13/h1-2,5-6,11,13-14H,3-4,7-9,15H2. The van der Waals surface area contributed by atoms with E-state index in [4.69, 9.17) is 16.2 Å². The van der Waals surface area contributed by atoms with Gasteiger partial charge in [-0.3, -0.25) is 5.73 Å². The normalized spacial score (nSPS) is 25.4. The van der Waals surface area contributed by atoms with Crippen LogP contribution in [-0.2, 0) is 6.54 Å². The minimum Gasteiger partial charge on any atom is -0.490 e. The van der Waals surface area contributed by atoms with Crippen LogP contribution in [0.1, 0.15) is 31.2 Å². The summed E-state index contributed by atoms with van der Waals surface area (Å²) in [6, 6.07) is 8.19. The molecular formula is C13H19N2O. The van der Waals surface area contributed by atoms with Crippen molar-refractivity contribution in [1.29, 1.82) is 0 Å². The Bertz CT molecular complexity index is 315. The first-order chi connectivity index (χ1) is 7.78. The first kappa shape index (κ1) is 11.4. The van der Waals surface area contributed by atoms with Crippen molar-refractivity contribution in [1.82, 2.24) is 5.73 Å². The van der Waals surface area contributed by atoms with Crippen molar-refractivity contribution in [3.63, 3.8) is 0 Å². The van der Waals surface area contributed by atoms with Gasteiger partial charge in [-0.15, -0.1) is 0 Å². The lowest BCUT2D eigenvalue weighted by atomic mass is 9.94. The van der Waals surface area contributed by atoms with Gasteiger partial charge in [0.1, 0.15) is 5.75 Å². The number of rotatable bonds is 3. The van der Waals surface area contributed by atoms with Gasteiger partial charge in [-0.25, -0.2) is 0 Å². The molecule has 2 rings (SSSR count). The van der Waals surface area contributed by atoms with Crippen molar-refractivity contribution in [2.45, 2.75) is 44.4 Å². The lowest BCUT2D eigenvalue weighted by Crippen LogP contribution is -2.31. The maximum atomic E-state index is 7.23. The molecule has 1 aliphatic rings. The highest BCUT2D eigenvalue weighted by atomic mass is 16.5. The summed E-state index contributed by atoms with van der Waals surface area (Å²) in [7, 11) is 0. The fourth-order valence-corrected chi connectivity index (χ4v) is 2.08. The Morgan fingerprint density at radius 1 is 1.12 bits per heavy atom. The van der Waals surface area contributed by atoms with Gasteiger partial charge in [-0.1, -0.05) is 12.1 Å². The Labute approximate surface area is 96.8 Å². The Kier molecular flexibility index (Phi) is 3.80. The average Bonchev–Trinajstić information content (AvgIpc) is 2.33. The van der Waals surface area contributed by atoms with Crippen molar-refractivity contribution < 1.29 is 4.74 Å². The highest BCUT2D eigenvalue weighted by Crippen LogP contribution is 2.23. The van der Waals surface area contributed by atoms with Gasteiger partial charge in [-0.2, -0.15) is 0 Å². The van der Waals surface area contributed by atoms with Crippen molar-refractivity contribution in [3.05, 3.63) is 29.8 Å². The monoisotopic (exact) mass is 219 g/mol. The van der Waals surface area contributed by atoms with Gasteiger partial charge >= 0.3 is 0 Å². The third kappa shape index (κ3) is 2.97. The SMILES string of the molecule is [NH]Cc1ccc(OC2CCC(N)CC2)cc1. The molecule has 0 aromatic heterocycles. The molecule has 0 saturated heterocycles. The summed E-state index contributed by atoms with van der Waals surface area (Å²) in [5.41, 5.74) is 14.1. The van der Waals surface area contributed by atoms with Crippen LogP contribution < -0.4 is 16.2 Å². The van der Waals surface area contributed by atoms with Gasteiger partial charge in [-0.05, 0) is 43.4 Å². The molecule has 87 valence electrons. The van der Waals surface area contributed by atoms with E-state index in [9.17, 15) is 0 Å². The molecule has 0 spiro atoms. The molecule has 3 heteroatoms. The van der Waals surface area contributed by atoms with Crippen LogP contribution in [0.25, 0.3) is 0 Å². The summed E-state index contributed by atoms with van der Waals surface area (Å²) in [4.78, 5) is 0. The zero-order chi connectivity index (χ0) is 11.4. The maximum Gasteiger partial charge on any atom is 0.119 e. The highest BCUT2D eigenvalue weighted by Gasteiger charge is 2.19.